The van der Waals surface area contributed by atoms with Crippen molar-refractivity contribution in [2.24, 2.45) is 28.6 Å². The highest BCUT2D eigenvalue weighted by atomic mass is 16.3. The van der Waals surface area contributed by atoms with E-state index in [1.165, 1.54) is 6.42 Å². The largest absolute Gasteiger partial charge is 0.389 e. The van der Waals surface area contributed by atoms with Crippen molar-refractivity contribution in [1.29, 1.82) is 0 Å². The van der Waals surface area contributed by atoms with Gasteiger partial charge in [-0.15, -0.1) is 0 Å². The molecule has 6 atom stereocenters. The molecule has 0 heterocycles. The lowest BCUT2D eigenvalue weighted by molar-refractivity contribution is -0.0383. The zero-order valence-corrected chi connectivity index (χ0v) is 12.2. The topological polar surface area (TPSA) is 40.5 Å². The van der Waals surface area contributed by atoms with Crippen LogP contribution in [-0.4, -0.2) is 22.4 Å². The highest BCUT2D eigenvalue weighted by Crippen LogP contribution is 2.60. The second kappa shape index (κ2) is 4.20. The second-order valence-corrected chi connectivity index (χ2v) is 7.51. The molecular weight excluding hydrogens is 236 g/mol. The first-order valence-electron chi connectivity index (χ1n) is 7.63. The van der Waals surface area contributed by atoms with Crippen molar-refractivity contribution in [3.05, 3.63) is 24.3 Å². The molecule has 0 aliphatic heterocycles. The molecule has 4 aliphatic rings. The van der Waals surface area contributed by atoms with Crippen LogP contribution in [0.5, 0.6) is 0 Å². The van der Waals surface area contributed by atoms with Gasteiger partial charge in [0.2, 0.25) is 0 Å². The summed E-state index contributed by atoms with van der Waals surface area (Å²) in [7, 11) is 0. The van der Waals surface area contributed by atoms with Crippen molar-refractivity contribution in [2.75, 3.05) is 0 Å². The minimum atomic E-state index is -0.416. The van der Waals surface area contributed by atoms with Gasteiger partial charge in [0, 0.05) is 5.92 Å². The number of hydrogen-bond donors (Lipinski definition) is 2. The van der Waals surface area contributed by atoms with Gasteiger partial charge in [-0.1, -0.05) is 45.1 Å². The van der Waals surface area contributed by atoms with E-state index in [0.717, 1.165) is 12.8 Å². The summed E-state index contributed by atoms with van der Waals surface area (Å²) in [6.45, 7) is 6.81. The molecule has 1 fully saturated rings. The normalized spacial score (nSPS) is 52.3. The van der Waals surface area contributed by atoms with Crippen molar-refractivity contribution >= 4 is 0 Å². The molecule has 19 heavy (non-hydrogen) atoms. The second-order valence-electron chi connectivity index (χ2n) is 7.51. The Hall–Kier alpha value is -0.600. The van der Waals surface area contributed by atoms with Gasteiger partial charge < -0.3 is 10.2 Å². The Morgan fingerprint density at radius 2 is 1.74 bits per heavy atom. The fraction of sp³-hybridized carbons (Fsp3) is 0.765. The van der Waals surface area contributed by atoms with Gasteiger partial charge in [0.05, 0.1) is 12.2 Å². The SMILES string of the molecule is CC(C)C12C=CC(C)(CC1)CC1C(O)C=CC(O)C12. The van der Waals surface area contributed by atoms with Gasteiger partial charge in [0.15, 0.2) is 0 Å². The maximum atomic E-state index is 10.5. The molecule has 0 aromatic rings. The quantitative estimate of drug-likeness (QED) is 0.713. The average molecular weight is 262 g/mol. The minimum Gasteiger partial charge on any atom is -0.389 e. The average Bonchev–Trinajstić information content (AvgIpc) is 2.58. The van der Waals surface area contributed by atoms with Crippen molar-refractivity contribution in [3.8, 4) is 0 Å². The minimum absolute atomic E-state index is 0.0475. The molecule has 4 aliphatic carbocycles. The Balaban J connectivity index is 2.12. The predicted molar refractivity (Wildman–Crippen MR) is 76.5 cm³/mol. The van der Waals surface area contributed by atoms with Crippen molar-refractivity contribution in [2.45, 2.75) is 52.2 Å². The van der Waals surface area contributed by atoms with Gasteiger partial charge in [0.1, 0.15) is 0 Å². The van der Waals surface area contributed by atoms with E-state index in [1.807, 2.05) is 6.08 Å². The van der Waals surface area contributed by atoms with Crippen LogP contribution in [0.2, 0.25) is 0 Å². The van der Waals surface area contributed by atoms with E-state index in [-0.39, 0.29) is 22.7 Å². The summed E-state index contributed by atoms with van der Waals surface area (Å²) in [5.41, 5.74) is 0.246. The summed E-state index contributed by atoms with van der Waals surface area (Å²) in [6.07, 6.45) is 10.8. The molecule has 6 unspecified atom stereocenters. The highest BCUT2D eigenvalue weighted by Gasteiger charge is 2.55. The van der Waals surface area contributed by atoms with Gasteiger partial charge in [-0.25, -0.2) is 0 Å². The molecule has 0 aromatic carbocycles. The van der Waals surface area contributed by atoms with Crippen molar-refractivity contribution < 1.29 is 10.2 Å². The van der Waals surface area contributed by atoms with Crippen LogP contribution in [0.1, 0.15) is 40.0 Å². The molecule has 1 saturated carbocycles. The zero-order chi connectivity index (χ0) is 13.8. The number of rotatable bonds is 1. The molecule has 4 rings (SSSR count). The highest BCUT2D eigenvalue weighted by molar-refractivity contribution is 5.24. The van der Waals surface area contributed by atoms with E-state index in [1.54, 1.807) is 6.08 Å². The number of fused-ring (bicyclic) bond motifs is 1. The Morgan fingerprint density at radius 3 is 2.32 bits per heavy atom. The van der Waals surface area contributed by atoms with Crippen molar-refractivity contribution in [3.63, 3.8) is 0 Å². The van der Waals surface area contributed by atoms with Crippen LogP contribution in [0.3, 0.4) is 0 Å². The smallest absolute Gasteiger partial charge is 0.0762 e. The lowest BCUT2D eigenvalue weighted by Crippen LogP contribution is -2.48. The molecule has 0 radical (unpaired) electrons. The lowest BCUT2D eigenvalue weighted by Gasteiger charge is -2.48. The third kappa shape index (κ3) is 1.84. The zero-order valence-electron chi connectivity index (χ0n) is 12.2. The van der Waals surface area contributed by atoms with E-state index in [2.05, 4.69) is 32.9 Å². The Labute approximate surface area is 116 Å². The fourth-order valence-electron chi connectivity index (χ4n) is 4.80. The van der Waals surface area contributed by atoms with Gasteiger partial charge >= 0.3 is 0 Å². The summed E-state index contributed by atoms with van der Waals surface area (Å²) in [5.74, 6) is 0.838. The first-order chi connectivity index (χ1) is 8.88. The van der Waals surface area contributed by atoms with Gasteiger partial charge in [-0.3, -0.25) is 0 Å². The molecule has 2 nitrogen and oxygen atoms in total. The molecular formula is C17H26O2. The number of hydrogen-bond acceptors (Lipinski definition) is 2. The maximum absolute atomic E-state index is 10.5. The molecule has 0 saturated heterocycles. The van der Waals surface area contributed by atoms with Crippen LogP contribution in [0.15, 0.2) is 24.3 Å². The van der Waals surface area contributed by atoms with Crippen LogP contribution in [-0.2, 0) is 0 Å². The van der Waals surface area contributed by atoms with E-state index in [9.17, 15) is 10.2 Å². The summed E-state index contributed by atoms with van der Waals surface area (Å²) in [6, 6.07) is 0. The van der Waals surface area contributed by atoms with Crippen LogP contribution in [0, 0.1) is 28.6 Å². The van der Waals surface area contributed by atoms with Crippen LogP contribution in [0.25, 0.3) is 0 Å². The molecule has 0 aromatic heterocycles. The van der Waals surface area contributed by atoms with Crippen LogP contribution >= 0.6 is 0 Å². The van der Waals surface area contributed by atoms with Crippen LogP contribution in [0.4, 0.5) is 0 Å². The van der Waals surface area contributed by atoms with Crippen LogP contribution < -0.4 is 0 Å². The maximum Gasteiger partial charge on any atom is 0.0762 e. The first-order valence-corrected chi connectivity index (χ1v) is 7.63. The number of aliphatic hydroxyl groups is 2. The summed E-state index contributed by atoms with van der Waals surface area (Å²) < 4.78 is 0. The fourth-order valence-corrected chi connectivity index (χ4v) is 4.80. The standard InChI is InChI=1S/C17H26O2/c1-11(2)17-8-6-16(3,7-9-17)10-12-13(18)4-5-14(19)15(12)17/h4-6,8,11-15,18-19H,7,9-10H2,1-3H3. The predicted octanol–water partition coefficient (Wildman–Crippen LogP) is 2.91. The number of allylic oxidation sites excluding steroid dienone is 2. The molecule has 106 valence electrons. The Kier molecular flexibility index (Phi) is 2.96. The molecule has 0 amide bonds. The lowest BCUT2D eigenvalue weighted by atomic mass is 9.58. The first kappa shape index (κ1) is 13.4. The van der Waals surface area contributed by atoms with E-state index in [0.29, 0.717) is 5.92 Å². The van der Waals surface area contributed by atoms with Gasteiger partial charge in [-0.2, -0.15) is 0 Å². The Morgan fingerprint density at radius 1 is 1.05 bits per heavy atom. The Bertz CT molecular complexity index is 425. The molecule has 2 heteroatoms. The van der Waals surface area contributed by atoms with E-state index < -0.39 is 12.2 Å². The third-order valence-electron chi connectivity index (χ3n) is 6.10. The summed E-state index contributed by atoms with van der Waals surface area (Å²) >= 11 is 0. The molecule has 2 N–H and O–H groups in total. The van der Waals surface area contributed by atoms with Gasteiger partial charge in [-0.05, 0) is 41.9 Å². The van der Waals surface area contributed by atoms with E-state index in [4.69, 9.17) is 0 Å². The third-order valence-corrected chi connectivity index (χ3v) is 6.10. The monoisotopic (exact) mass is 262 g/mol. The summed E-state index contributed by atoms with van der Waals surface area (Å²) in [4.78, 5) is 0. The van der Waals surface area contributed by atoms with Gasteiger partial charge in [0.25, 0.3) is 0 Å². The molecule has 2 bridgehead atoms. The number of aliphatic hydroxyl groups excluding tert-OH is 2. The van der Waals surface area contributed by atoms with Crippen molar-refractivity contribution in [1.82, 2.24) is 0 Å². The molecule has 0 spiro atoms. The summed E-state index contributed by atoms with van der Waals surface area (Å²) in [5, 5.41) is 20.9. The van der Waals surface area contributed by atoms with E-state index >= 15 is 0 Å².